The number of unbranched alkanes of at least 4 members (excludes halogenated alkanes) is 2. The smallest absolute Gasteiger partial charge is 0.0588 e. The van der Waals surface area contributed by atoms with E-state index >= 15 is 0 Å². The molecule has 0 saturated carbocycles. The molecule has 0 aromatic heterocycles. The Bertz CT molecular complexity index is 91.5. The summed E-state index contributed by atoms with van der Waals surface area (Å²) in [5.74, 6) is 0. The highest BCUT2D eigenvalue weighted by atomic mass is 16.3. The zero-order chi connectivity index (χ0) is 8.91. The minimum Gasteiger partial charge on any atom is -0.393 e. The molecule has 0 fully saturated rings. The van der Waals surface area contributed by atoms with Crippen molar-refractivity contribution in [3.8, 4) is 0 Å². The summed E-state index contributed by atoms with van der Waals surface area (Å²) in [6, 6.07) is 0. The van der Waals surface area contributed by atoms with Crippen LogP contribution in [0.4, 0.5) is 0 Å². The van der Waals surface area contributed by atoms with Crippen molar-refractivity contribution in [1.82, 2.24) is 0 Å². The lowest BCUT2D eigenvalue weighted by atomic mass is 9.86. The molecule has 0 spiro atoms. The molecule has 0 bridgehead atoms. The topological polar surface area (TPSA) is 20.2 Å². The first-order valence-electron chi connectivity index (χ1n) is 4.66. The van der Waals surface area contributed by atoms with Gasteiger partial charge >= 0.3 is 0 Å². The van der Waals surface area contributed by atoms with Gasteiger partial charge in [-0.3, -0.25) is 0 Å². The zero-order valence-corrected chi connectivity index (χ0v) is 8.35. The third kappa shape index (κ3) is 5.25. The molecule has 0 radical (unpaired) electrons. The Hall–Kier alpha value is -0.0400. The second-order valence-electron chi connectivity index (χ2n) is 4.38. The van der Waals surface area contributed by atoms with Gasteiger partial charge in [0.1, 0.15) is 0 Å². The molecule has 1 heteroatoms. The molecule has 0 aliphatic heterocycles. The Balaban J connectivity index is 3.44. The molecule has 0 rings (SSSR count). The Morgan fingerprint density at radius 2 is 1.73 bits per heavy atom. The maximum absolute atomic E-state index is 9.61. The van der Waals surface area contributed by atoms with Crippen molar-refractivity contribution in [2.45, 2.75) is 59.5 Å². The van der Waals surface area contributed by atoms with Crippen LogP contribution in [0.15, 0.2) is 0 Å². The first kappa shape index (κ1) is 11.0. The van der Waals surface area contributed by atoms with Gasteiger partial charge in [0.05, 0.1) is 6.10 Å². The van der Waals surface area contributed by atoms with E-state index in [1.807, 2.05) is 0 Å². The van der Waals surface area contributed by atoms with Gasteiger partial charge in [0, 0.05) is 0 Å². The van der Waals surface area contributed by atoms with E-state index in [9.17, 15) is 5.11 Å². The van der Waals surface area contributed by atoms with Gasteiger partial charge in [-0.05, 0) is 11.8 Å². The van der Waals surface area contributed by atoms with Crippen molar-refractivity contribution in [2.75, 3.05) is 0 Å². The van der Waals surface area contributed by atoms with Gasteiger partial charge in [-0.25, -0.2) is 0 Å². The number of rotatable bonds is 4. The first-order valence-corrected chi connectivity index (χ1v) is 4.66. The van der Waals surface area contributed by atoms with E-state index in [0.717, 1.165) is 12.8 Å². The van der Waals surface area contributed by atoms with Gasteiger partial charge in [0.25, 0.3) is 0 Å². The highest BCUT2D eigenvalue weighted by molar-refractivity contribution is 4.71. The number of aliphatic hydroxyl groups is 1. The van der Waals surface area contributed by atoms with E-state index in [4.69, 9.17) is 0 Å². The van der Waals surface area contributed by atoms with Gasteiger partial charge in [-0.15, -0.1) is 0 Å². The second-order valence-corrected chi connectivity index (χ2v) is 4.38. The van der Waals surface area contributed by atoms with Crippen LogP contribution in [-0.4, -0.2) is 11.2 Å². The third-order valence-corrected chi connectivity index (χ3v) is 2.08. The van der Waals surface area contributed by atoms with Crippen LogP contribution in [0.25, 0.3) is 0 Å². The van der Waals surface area contributed by atoms with Crippen LogP contribution >= 0.6 is 0 Å². The molecule has 0 unspecified atom stereocenters. The molecule has 1 N–H and O–H groups in total. The molecule has 68 valence electrons. The van der Waals surface area contributed by atoms with Crippen LogP contribution in [0.5, 0.6) is 0 Å². The molecule has 1 nitrogen and oxygen atoms in total. The maximum atomic E-state index is 9.61. The van der Waals surface area contributed by atoms with Gasteiger partial charge in [-0.1, -0.05) is 47.0 Å². The summed E-state index contributed by atoms with van der Waals surface area (Å²) < 4.78 is 0. The van der Waals surface area contributed by atoms with Crippen LogP contribution in [-0.2, 0) is 0 Å². The van der Waals surface area contributed by atoms with Crippen molar-refractivity contribution in [1.29, 1.82) is 0 Å². The van der Waals surface area contributed by atoms with Crippen LogP contribution in [0, 0.1) is 5.41 Å². The molecule has 0 aromatic rings. The van der Waals surface area contributed by atoms with Crippen molar-refractivity contribution >= 4 is 0 Å². The van der Waals surface area contributed by atoms with Crippen LogP contribution in [0.3, 0.4) is 0 Å². The molecular formula is C10H22O. The lowest BCUT2D eigenvalue weighted by Crippen LogP contribution is -2.25. The monoisotopic (exact) mass is 158 g/mol. The van der Waals surface area contributed by atoms with Crippen molar-refractivity contribution in [2.24, 2.45) is 5.41 Å². The van der Waals surface area contributed by atoms with E-state index in [1.165, 1.54) is 12.8 Å². The van der Waals surface area contributed by atoms with Gasteiger partial charge in [0.2, 0.25) is 0 Å². The normalized spacial score (nSPS) is 15.0. The van der Waals surface area contributed by atoms with E-state index in [1.54, 1.807) is 0 Å². The lowest BCUT2D eigenvalue weighted by Gasteiger charge is -2.25. The summed E-state index contributed by atoms with van der Waals surface area (Å²) in [6.07, 6.45) is 4.46. The molecule has 0 amide bonds. The average molecular weight is 158 g/mol. The highest BCUT2D eigenvalue weighted by Crippen LogP contribution is 2.23. The van der Waals surface area contributed by atoms with E-state index in [-0.39, 0.29) is 11.5 Å². The second kappa shape index (κ2) is 4.76. The molecule has 0 aliphatic carbocycles. The molecule has 0 aliphatic rings. The molecule has 0 aromatic carbocycles. The standard InChI is InChI=1S/C10H22O/c1-5-6-7-8-9(11)10(2,3)4/h9,11H,5-8H2,1-4H3/t9-/m0/s1. The Labute approximate surface area is 70.8 Å². The fourth-order valence-electron chi connectivity index (χ4n) is 1.02. The first-order chi connectivity index (χ1) is 4.98. The Kier molecular flexibility index (Phi) is 4.74. The molecule has 0 heterocycles. The van der Waals surface area contributed by atoms with E-state index < -0.39 is 0 Å². The van der Waals surface area contributed by atoms with Crippen LogP contribution in [0.1, 0.15) is 53.4 Å². The Morgan fingerprint density at radius 3 is 2.09 bits per heavy atom. The molecule has 11 heavy (non-hydrogen) atoms. The summed E-state index contributed by atoms with van der Waals surface area (Å²) in [5, 5.41) is 9.61. The average Bonchev–Trinajstić information content (AvgIpc) is 1.86. The summed E-state index contributed by atoms with van der Waals surface area (Å²) in [4.78, 5) is 0. The van der Waals surface area contributed by atoms with Gasteiger partial charge in [0.15, 0.2) is 0 Å². The van der Waals surface area contributed by atoms with Crippen molar-refractivity contribution in [3.05, 3.63) is 0 Å². The number of aliphatic hydroxyl groups excluding tert-OH is 1. The van der Waals surface area contributed by atoms with E-state index in [2.05, 4.69) is 27.7 Å². The molecule has 0 saturated heterocycles. The predicted molar refractivity (Wildman–Crippen MR) is 49.6 cm³/mol. The van der Waals surface area contributed by atoms with Crippen molar-refractivity contribution < 1.29 is 5.11 Å². The lowest BCUT2D eigenvalue weighted by molar-refractivity contribution is 0.0535. The largest absolute Gasteiger partial charge is 0.393 e. The highest BCUT2D eigenvalue weighted by Gasteiger charge is 2.20. The summed E-state index contributed by atoms with van der Waals surface area (Å²) in [7, 11) is 0. The Morgan fingerprint density at radius 1 is 1.18 bits per heavy atom. The van der Waals surface area contributed by atoms with E-state index in [0.29, 0.717) is 0 Å². The minimum atomic E-state index is -0.131. The quantitative estimate of drug-likeness (QED) is 0.624. The summed E-state index contributed by atoms with van der Waals surface area (Å²) in [5.41, 5.74) is 0.0632. The zero-order valence-electron chi connectivity index (χ0n) is 8.35. The molecular weight excluding hydrogens is 136 g/mol. The third-order valence-electron chi connectivity index (χ3n) is 2.08. The van der Waals surface area contributed by atoms with Crippen molar-refractivity contribution in [3.63, 3.8) is 0 Å². The minimum absolute atomic E-state index is 0.0632. The predicted octanol–water partition coefficient (Wildman–Crippen LogP) is 2.97. The number of hydrogen-bond acceptors (Lipinski definition) is 1. The van der Waals surface area contributed by atoms with Gasteiger partial charge < -0.3 is 5.11 Å². The maximum Gasteiger partial charge on any atom is 0.0588 e. The summed E-state index contributed by atoms with van der Waals surface area (Å²) in [6.45, 7) is 8.44. The van der Waals surface area contributed by atoms with Crippen LogP contribution in [0.2, 0.25) is 0 Å². The SMILES string of the molecule is CCCCC[C@H](O)C(C)(C)C. The summed E-state index contributed by atoms with van der Waals surface area (Å²) >= 11 is 0. The van der Waals surface area contributed by atoms with Crippen LogP contribution < -0.4 is 0 Å². The number of hydrogen-bond donors (Lipinski definition) is 1. The fraction of sp³-hybridized carbons (Fsp3) is 1.00. The fourth-order valence-corrected chi connectivity index (χ4v) is 1.02. The molecule has 1 atom stereocenters. The van der Waals surface area contributed by atoms with Gasteiger partial charge in [-0.2, -0.15) is 0 Å².